The zero-order valence-corrected chi connectivity index (χ0v) is 15.8. The molecule has 0 aromatic heterocycles. The van der Waals surface area contributed by atoms with E-state index in [-0.39, 0.29) is 34.5 Å². The van der Waals surface area contributed by atoms with Crippen LogP contribution in [-0.2, 0) is 0 Å². The highest BCUT2D eigenvalue weighted by atomic mass is 32.2. The van der Waals surface area contributed by atoms with Crippen molar-refractivity contribution in [1.29, 1.82) is 0 Å². The molecule has 136 valence electrons. The highest BCUT2D eigenvalue weighted by Crippen LogP contribution is 2.53. The van der Waals surface area contributed by atoms with Gasteiger partial charge in [-0.25, -0.2) is 0 Å². The van der Waals surface area contributed by atoms with Crippen LogP contribution in [0.5, 0.6) is 11.5 Å². The molecular formula is C20H26O4S. The smallest absolute Gasteiger partial charge is 0.115 e. The topological polar surface area (TPSA) is 80.9 Å². The molecular weight excluding hydrogens is 336 g/mol. The van der Waals surface area contributed by atoms with Crippen LogP contribution in [0.15, 0.2) is 58.3 Å². The van der Waals surface area contributed by atoms with Gasteiger partial charge in [0.05, 0.1) is 12.2 Å². The Hall–Kier alpha value is -1.69. The third kappa shape index (κ3) is 4.29. The first-order valence-electron chi connectivity index (χ1n) is 8.17. The Morgan fingerprint density at radius 2 is 0.920 bits per heavy atom. The van der Waals surface area contributed by atoms with E-state index in [1.807, 2.05) is 52.0 Å². The summed E-state index contributed by atoms with van der Waals surface area (Å²) in [6.45, 7) is 7.53. The van der Waals surface area contributed by atoms with E-state index in [0.29, 0.717) is 0 Å². The fourth-order valence-electron chi connectivity index (χ4n) is 3.28. The van der Waals surface area contributed by atoms with Crippen LogP contribution in [0.25, 0.3) is 0 Å². The van der Waals surface area contributed by atoms with Crippen LogP contribution in [0.1, 0.15) is 27.7 Å². The van der Waals surface area contributed by atoms with Gasteiger partial charge < -0.3 is 20.4 Å². The van der Waals surface area contributed by atoms with Crippen molar-refractivity contribution in [2.24, 2.45) is 10.8 Å². The molecule has 2 aromatic carbocycles. The first kappa shape index (κ1) is 19.6. The lowest BCUT2D eigenvalue weighted by atomic mass is 9.51. The molecule has 0 amide bonds. The monoisotopic (exact) mass is 362 g/mol. The molecule has 1 aliphatic rings. The summed E-state index contributed by atoms with van der Waals surface area (Å²) in [4.78, 5) is 2.11. The Morgan fingerprint density at radius 3 is 1.16 bits per heavy atom. The zero-order valence-electron chi connectivity index (χ0n) is 15.0. The fourth-order valence-corrected chi connectivity index (χ4v) is 4.10. The minimum Gasteiger partial charge on any atom is -0.508 e. The largest absolute Gasteiger partial charge is 0.508 e. The summed E-state index contributed by atoms with van der Waals surface area (Å²) in [5, 5.41) is 37.3. The minimum absolute atomic E-state index is 0.269. The highest BCUT2D eigenvalue weighted by Gasteiger charge is 2.60. The van der Waals surface area contributed by atoms with Gasteiger partial charge in [0.1, 0.15) is 11.5 Å². The molecule has 0 heterocycles. The third-order valence-corrected chi connectivity index (χ3v) is 5.74. The Bertz CT molecular complexity index is 619. The van der Waals surface area contributed by atoms with Crippen molar-refractivity contribution in [3.63, 3.8) is 0 Å². The number of aromatic hydroxyl groups is 2. The van der Waals surface area contributed by atoms with Crippen LogP contribution < -0.4 is 0 Å². The number of hydrogen-bond donors (Lipinski definition) is 4. The molecule has 0 saturated heterocycles. The van der Waals surface area contributed by atoms with Gasteiger partial charge in [0.25, 0.3) is 0 Å². The van der Waals surface area contributed by atoms with E-state index < -0.39 is 0 Å². The van der Waals surface area contributed by atoms with Crippen LogP contribution in [0.2, 0.25) is 0 Å². The van der Waals surface area contributed by atoms with E-state index in [1.54, 1.807) is 36.0 Å². The molecule has 1 aliphatic carbocycles. The number of phenolic OH excluding ortho intramolecular Hbond substituents is 2. The van der Waals surface area contributed by atoms with Crippen molar-refractivity contribution in [2.45, 2.75) is 49.7 Å². The third-order valence-electron chi connectivity index (χ3n) is 4.73. The fraction of sp³-hybridized carbons (Fsp3) is 0.400. The van der Waals surface area contributed by atoms with Gasteiger partial charge in [0, 0.05) is 20.6 Å². The van der Waals surface area contributed by atoms with Crippen molar-refractivity contribution in [1.82, 2.24) is 0 Å². The lowest BCUT2D eigenvalue weighted by Crippen LogP contribution is -2.67. The first-order valence-corrected chi connectivity index (χ1v) is 8.99. The van der Waals surface area contributed by atoms with Gasteiger partial charge in [-0.2, -0.15) is 0 Å². The van der Waals surface area contributed by atoms with Gasteiger partial charge in [0.15, 0.2) is 0 Å². The molecule has 4 nitrogen and oxygen atoms in total. The summed E-state index contributed by atoms with van der Waals surface area (Å²) < 4.78 is 0. The number of aliphatic hydroxyl groups is 2. The Labute approximate surface area is 153 Å². The van der Waals surface area contributed by atoms with E-state index in [9.17, 15) is 10.2 Å². The summed E-state index contributed by atoms with van der Waals surface area (Å²) >= 11 is 1.58. The van der Waals surface area contributed by atoms with Crippen LogP contribution >= 0.6 is 11.8 Å². The summed E-state index contributed by atoms with van der Waals surface area (Å²) in [7, 11) is 0. The number of rotatable bonds is 2. The van der Waals surface area contributed by atoms with E-state index in [4.69, 9.17) is 10.2 Å². The molecule has 25 heavy (non-hydrogen) atoms. The van der Waals surface area contributed by atoms with E-state index in [2.05, 4.69) is 0 Å². The van der Waals surface area contributed by atoms with Crippen LogP contribution in [0.3, 0.4) is 0 Å². The Morgan fingerprint density at radius 1 is 0.640 bits per heavy atom. The molecule has 3 rings (SSSR count). The van der Waals surface area contributed by atoms with Crippen LogP contribution in [-0.4, -0.2) is 32.6 Å². The molecule has 0 unspecified atom stereocenters. The number of aliphatic hydroxyl groups excluding tert-OH is 2. The molecule has 2 aromatic rings. The summed E-state index contributed by atoms with van der Waals surface area (Å²) in [6, 6.07) is 14.0. The average molecular weight is 362 g/mol. The maximum atomic E-state index is 9.51. The Balaban J connectivity index is 0.000000196. The quantitative estimate of drug-likeness (QED) is 0.649. The van der Waals surface area contributed by atoms with Crippen LogP contribution in [0, 0.1) is 10.8 Å². The molecule has 0 aliphatic heterocycles. The molecule has 5 heteroatoms. The first-order chi connectivity index (χ1) is 11.5. The molecule has 4 N–H and O–H groups in total. The van der Waals surface area contributed by atoms with E-state index in [1.165, 1.54) is 0 Å². The second kappa shape index (κ2) is 7.28. The zero-order chi connectivity index (χ0) is 18.8. The number of benzene rings is 2. The highest BCUT2D eigenvalue weighted by molar-refractivity contribution is 7.99. The maximum Gasteiger partial charge on any atom is 0.115 e. The van der Waals surface area contributed by atoms with Gasteiger partial charge in [-0.15, -0.1) is 0 Å². The van der Waals surface area contributed by atoms with E-state index in [0.717, 1.165) is 9.79 Å². The Kier molecular flexibility index (Phi) is 5.72. The van der Waals surface area contributed by atoms with Gasteiger partial charge in [-0.3, -0.25) is 0 Å². The van der Waals surface area contributed by atoms with Crippen molar-refractivity contribution in [3.05, 3.63) is 48.5 Å². The number of phenols is 2. The van der Waals surface area contributed by atoms with Crippen molar-refractivity contribution >= 4 is 11.8 Å². The standard InChI is InChI=1S/C12H10O2S.C8H16O2/c13-9-1-5-11(6-2-9)15-12-7-3-10(14)4-8-12;1-7(2)5(9)8(3,4)6(7)10/h1-8,13-14H;5-6,9-10H,1-4H3. The molecule has 0 spiro atoms. The predicted molar refractivity (Wildman–Crippen MR) is 99.9 cm³/mol. The lowest BCUT2D eigenvalue weighted by molar-refractivity contribution is -0.247. The molecule has 1 saturated carbocycles. The number of hydrogen-bond acceptors (Lipinski definition) is 5. The van der Waals surface area contributed by atoms with Gasteiger partial charge in [-0.05, 0) is 48.5 Å². The summed E-state index contributed by atoms with van der Waals surface area (Å²) in [6.07, 6.45) is -0.759. The second-order valence-corrected chi connectivity index (χ2v) is 8.68. The molecule has 1 fully saturated rings. The van der Waals surface area contributed by atoms with Crippen molar-refractivity contribution in [2.75, 3.05) is 0 Å². The molecule has 0 bridgehead atoms. The average Bonchev–Trinajstić information content (AvgIpc) is 2.58. The molecule has 0 radical (unpaired) electrons. The van der Waals surface area contributed by atoms with Crippen molar-refractivity contribution < 1.29 is 20.4 Å². The lowest BCUT2D eigenvalue weighted by Gasteiger charge is -2.59. The normalized spacial score (nSPS) is 23.1. The minimum atomic E-state index is -0.380. The van der Waals surface area contributed by atoms with E-state index >= 15 is 0 Å². The summed E-state index contributed by atoms with van der Waals surface area (Å²) in [5.74, 6) is 0.537. The van der Waals surface area contributed by atoms with Crippen molar-refractivity contribution in [3.8, 4) is 11.5 Å². The predicted octanol–water partition coefficient (Wildman–Crippen LogP) is 4.02. The van der Waals surface area contributed by atoms with Gasteiger partial charge in [-0.1, -0.05) is 39.5 Å². The summed E-state index contributed by atoms with van der Waals surface area (Å²) in [5.41, 5.74) is -0.632. The molecule has 0 atom stereocenters. The second-order valence-electron chi connectivity index (χ2n) is 7.54. The SMILES string of the molecule is CC1(C)C(O)C(C)(C)C1O.Oc1ccc(Sc2ccc(O)cc2)cc1. The maximum absolute atomic E-state index is 9.51. The van der Waals surface area contributed by atoms with Gasteiger partial charge >= 0.3 is 0 Å². The van der Waals surface area contributed by atoms with Crippen LogP contribution in [0.4, 0.5) is 0 Å². The van der Waals surface area contributed by atoms with Gasteiger partial charge in [0.2, 0.25) is 0 Å².